The Balaban J connectivity index is 2.21. The highest BCUT2D eigenvalue weighted by atomic mass is 16.3. The van der Waals surface area contributed by atoms with Gasteiger partial charge in [0.25, 0.3) is 0 Å². The summed E-state index contributed by atoms with van der Waals surface area (Å²) in [7, 11) is 0. The van der Waals surface area contributed by atoms with Crippen LogP contribution in [0.25, 0.3) is 0 Å². The third-order valence-electron chi connectivity index (χ3n) is 2.25. The molecule has 2 heteroatoms. The highest BCUT2D eigenvalue weighted by Crippen LogP contribution is 2.28. The van der Waals surface area contributed by atoms with Gasteiger partial charge in [0, 0.05) is 6.42 Å². The minimum atomic E-state index is -0.117. The predicted molar refractivity (Wildman–Crippen MR) is 38.2 cm³/mol. The molecule has 0 aromatic heterocycles. The molecule has 0 saturated heterocycles. The minimum Gasteiger partial charge on any atom is -0.393 e. The molecule has 0 aromatic carbocycles. The second-order valence-electron chi connectivity index (χ2n) is 2.96. The summed E-state index contributed by atoms with van der Waals surface area (Å²) in [6.45, 7) is 0. The zero-order chi connectivity index (χ0) is 7.40. The van der Waals surface area contributed by atoms with Gasteiger partial charge >= 0.3 is 0 Å². The van der Waals surface area contributed by atoms with Crippen LogP contribution in [0.1, 0.15) is 32.1 Å². The summed E-state index contributed by atoms with van der Waals surface area (Å²) >= 11 is 0. The second kappa shape index (κ2) is 3.58. The van der Waals surface area contributed by atoms with Crippen molar-refractivity contribution < 1.29 is 5.11 Å². The zero-order valence-electron chi connectivity index (χ0n) is 6.08. The lowest BCUT2D eigenvalue weighted by Gasteiger charge is -2.10. The first-order valence-corrected chi connectivity index (χ1v) is 3.89. The Morgan fingerprint density at radius 1 is 1.50 bits per heavy atom. The number of nitrogens with zero attached hydrogens (tertiary/aromatic N) is 1. The number of nitriles is 1. The van der Waals surface area contributed by atoms with Gasteiger partial charge in [-0.05, 0) is 25.2 Å². The van der Waals surface area contributed by atoms with Crippen molar-refractivity contribution in [1.29, 1.82) is 5.26 Å². The summed E-state index contributed by atoms with van der Waals surface area (Å²) in [6, 6.07) is 2.10. The summed E-state index contributed by atoms with van der Waals surface area (Å²) in [5.41, 5.74) is 0. The minimum absolute atomic E-state index is 0.117. The largest absolute Gasteiger partial charge is 0.393 e. The van der Waals surface area contributed by atoms with Crippen LogP contribution in [0.2, 0.25) is 0 Å². The predicted octanol–water partition coefficient (Wildman–Crippen LogP) is 1.45. The summed E-state index contributed by atoms with van der Waals surface area (Å²) < 4.78 is 0. The van der Waals surface area contributed by atoms with E-state index in [9.17, 15) is 5.11 Å². The van der Waals surface area contributed by atoms with Crippen LogP contribution < -0.4 is 0 Å². The van der Waals surface area contributed by atoms with Gasteiger partial charge in [0.1, 0.15) is 0 Å². The van der Waals surface area contributed by atoms with E-state index in [1.54, 1.807) is 0 Å². The van der Waals surface area contributed by atoms with Crippen molar-refractivity contribution in [3.63, 3.8) is 0 Å². The fraction of sp³-hybridized carbons (Fsp3) is 0.875. The van der Waals surface area contributed by atoms with Gasteiger partial charge in [-0.3, -0.25) is 0 Å². The van der Waals surface area contributed by atoms with Crippen molar-refractivity contribution in [3.05, 3.63) is 0 Å². The van der Waals surface area contributed by atoms with Crippen molar-refractivity contribution in [1.82, 2.24) is 0 Å². The zero-order valence-corrected chi connectivity index (χ0v) is 6.08. The van der Waals surface area contributed by atoms with Crippen LogP contribution in [0.3, 0.4) is 0 Å². The summed E-state index contributed by atoms with van der Waals surface area (Å²) in [5.74, 6) is 0.416. The van der Waals surface area contributed by atoms with Gasteiger partial charge in [0.15, 0.2) is 0 Å². The molecular formula is C8H13NO. The highest BCUT2D eigenvalue weighted by Gasteiger charge is 2.24. The normalized spacial score (nSPS) is 32.0. The molecule has 10 heavy (non-hydrogen) atoms. The average Bonchev–Trinajstić information content (AvgIpc) is 2.31. The van der Waals surface area contributed by atoms with Crippen LogP contribution in [-0.2, 0) is 0 Å². The van der Waals surface area contributed by atoms with Crippen LogP contribution in [-0.4, -0.2) is 11.2 Å². The van der Waals surface area contributed by atoms with Gasteiger partial charge in [-0.2, -0.15) is 5.26 Å². The van der Waals surface area contributed by atoms with Crippen molar-refractivity contribution in [2.75, 3.05) is 0 Å². The van der Waals surface area contributed by atoms with Crippen molar-refractivity contribution in [3.8, 4) is 6.07 Å². The molecule has 1 fully saturated rings. The lowest BCUT2D eigenvalue weighted by Crippen LogP contribution is -2.12. The van der Waals surface area contributed by atoms with Gasteiger partial charge < -0.3 is 5.11 Å². The van der Waals surface area contributed by atoms with Crippen LogP contribution >= 0.6 is 0 Å². The molecule has 56 valence electrons. The third kappa shape index (κ3) is 1.71. The summed E-state index contributed by atoms with van der Waals surface area (Å²) in [5, 5.41) is 17.6. The van der Waals surface area contributed by atoms with E-state index in [0.29, 0.717) is 12.3 Å². The monoisotopic (exact) mass is 139 g/mol. The number of aliphatic hydroxyl groups is 1. The molecule has 1 rings (SSSR count). The first-order chi connectivity index (χ1) is 4.84. The summed E-state index contributed by atoms with van der Waals surface area (Å²) in [6.07, 6.45) is 4.56. The SMILES string of the molecule is N#CCCC1CCCC1O. The molecule has 1 N–H and O–H groups in total. The first kappa shape index (κ1) is 7.56. The Morgan fingerprint density at radius 2 is 2.30 bits per heavy atom. The smallest absolute Gasteiger partial charge is 0.0621 e. The molecule has 0 aliphatic heterocycles. The first-order valence-electron chi connectivity index (χ1n) is 3.89. The fourth-order valence-electron chi connectivity index (χ4n) is 1.60. The van der Waals surface area contributed by atoms with Crippen LogP contribution in [0.5, 0.6) is 0 Å². The van der Waals surface area contributed by atoms with Crippen LogP contribution in [0.15, 0.2) is 0 Å². The molecule has 2 nitrogen and oxygen atoms in total. The number of aliphatic hydroxyl groups excluding tert-OH is 1. The van der Waals surface area contributed by atoms with Crippen molar-refractivity contribution in [2.24, 2.45) is 5.92 Å². The Labute approximate surface area is 61.5 Å². The molecule has 0 aromatic rings. The quantitative estimate of drug-likeness (QED) is 0.629. The number of hydrogen-bond donors (Lipinski definition) is 1. The van der Waals surface area contributed by atoms with Crippen LogP contribution in [0.4, 0.5) is 0 Å². The van der Waals surface area contributed by atoms with E-state index in [1.165, 1.54) is 0 Å². The number of hydrogen-bond acceptors (Lipinski definition) is 2. The van der Waals surface area contributed by atoms with E-state index in [2.05, 4.69) is 6.07 Å². The van der Waals surface area contributed by atoms with Crippen molar-refractivity contribution >= 4 is 0 Å². The van der Waals surface area contributed by atoms with E-state index >= 15 is 0 Å². The van der Waals surface area contributed by atoms with E-state index < -0.39 is 0 Å². The van der Waals surface area contributed by atoms with E-state index in [-0.39, 0.29) is 6.10 Å². The third-order valence-corrected chi connectivity index (χ3v) is 2.25. The maximum Gasteiger partial charge on any atom is 0.0621 e. The van der Waals surface area contributed by atoms with E-state index in [1.807, 2.05) is 0 Å². The molecule has 2 atom stereocenters. The van der Waals surface area contributed by atoms with Crippen LogP contribution in [0, 0.1) is 17.2 Å². The molecule has 2 unspecified atom stereocenters. The Morgan fingerprint density at radius 3 is 2.80 bits per heavy atom. The fourth-order valence-corrected chi connectivity index (χ4v) is 1.60. The van der Waals surface area contributed by atoms with Gasteiger partial charge in [0.05, 0.1) is 12.2 Å². The van der Waals surface area contributed by atoms with E-state index in [4.69, 9.17) is 5.26 Å². The van der Waals surface area contributed by atoms with E-state index in [0.717, 1.165) is 25.7 Å². The standard InChI is InChI=1S/C8H13NO/c9-6-2-4-7-3-1-5-8(7)10/h7-8,10H,1-5H2. The van der Waals surface area contributed by atoms with Crippen molar-refractivity contribution in [2.45, 2.75) is 38.2 Å². The topological polar surface area (TPSA) is 44.0 Å². The summed E-state index contributed by atoms with van der Waals surface area (Å²) in [4.78, 5) is 0. The molecule has 0 radical (unpaired) electrons. The molecular weight excluding hydrogens is 126 g/mol. The number of rotatable bonds is 2. The maximum atomic E-state index is 9.31. The molecule has 0 heterocycles. The second-order valence-corrected chi connectivity index (χ2v) is 2.96. The molecule has 0 bridgehead atoms. The molecule has 0 amide bonds. The molecule has 1 aliphatic rings. The Kier molecular flexibility index (Phi) is 2.70. The Hall–Kier alpha value is -0.550. The molecule has 1 saturated carbocycles. The molecule has 0 spiro atoms. The lowest BCUT2D eigenvalue weighted by molar-refractivity contribution is 0.129. The van der Waals surface area contributed by atoms with Gasteiger partial charge in [-0.25, -0.2) is 0 Å². The average molecular weight is 139 g/mol. The van der Waals surface area contributed by atoms with Gasteiger partial charge in [-0.1, -0.05) is 6.42 Å². The lowest BCUT2D eigenvalue weighted by atomic mass is 10.0. The van der Waals surface area contributed by atoms with Gasteiger partial charge in [0.2, 0.25) is 0 Å². The molecule has 1 aliphatic carbocycles. The van der Waals surface area contributed by atoms with Gasteiger partial charge in [-0.15, -0.1) is 0 Å². The Bertz CT molecular complexity index is 139. The highest BCUT2D eigenvalue weighted by molar-refractivity contribution is 4.80. The maximum absolute atomic E-state index is 9.31.